The Morgan fingerprint density at radius 2 is 2.00 bits per heavy atom. The number of nitrogen functional groups attached to an aromatic ring is 1. The molecule has 0 fully saturated rings. The predicted molar refractivity (Wildman–Crippen MR) is 59.8 cm³/mol. The molecular weight excluding hydrogens is 241 g/mol. The van der Waals surface area contributed by atoms with Crippen LogP contribution in [0.2, 0.25) is 5.02 Å². The van der Waals surface area contributed by atoms with Crippen molar-refractivity contribution in [1.82, 2.24) is 0 Å². The van der Waals surface area contributed by atoms with Crippen molar-refractivity contribution in [2.45, 2.75) is 13.1 Å². The standard InChI is InChI=1S/C10H12ClF3N2/c1-2-16(6-10(12,13)14)9-4-3-7(11)5-8(9)15/h3-5H,2,6,15H2,1H3. The zero-order valence-corrected chi connectivity index (χ0v) is 9.44. The highest BCUT2D eigenvalue weighted by Crippen LogP contribution is 2.29. The topological polar surface area (TPSA) is 29.3 Å². The molecule has 90 valence electrons. The van der Waals surface area contributed by atoms with E-state index in [-0.39, 0.29) is 12.2 Å². The van der Waals surface area contributed by atoms with E-state index in [1.807, 2.05) is 0 Å². The smallest absolute Gasteiger partial charge is 0.397 e. The summed E-state index contributed by atoms with van der Waals surface area (Å²) in [5.41, 5.74) is 6.22. The van der Waals surface area contributed by atoms with Gasteiger partial charge in [0.05, 0.1) is 11.4 Å². The van der Waals surface area contributed by atoms with Gasteiger partial charge < -0.3 is 10.6 Å². The maximum Gasteiger partial charge on any atom is 0.405 e. The third-order valence-electron chi connectivity index (χ3n) is 2.08. The van der Waals surface area contributed by atoms with Crippen LogP contribution in [0.15, 0.2) is 18.2 Å². The molecule has 0 saturated carbocycles. The monoisotopic (exact) mass is 252 g/mol. The fraction of sp³-hybridized carbons (Fsp3) is 0.400. The molecule has 16 heavy (non-hydrogen) atoms. The fourth-order valence-corrected chi connectivity index (χ4v) is 1.58. The number of benzene rings is 1. The summed E-state index contributed by atoms with van der Waals surface area (Å²) in [7, 11) is 0. The van der Waals surface area contributed by atoms with Crippen molar-refractivity contribution in [3.63, 3.8) is 0 Å². The summed E-state index contributed by atoms with van der Waals surface area (Å²) >= 11 is 5.68. The molecule has 2 N–H and O–H groups in total. The highest BCUT2D eigenvalue weighted by molar-refractivity contribution is 6.31. The van der Waals surface area contributed by atoms with Gasteiger partial charge in [0.25, 0.3) is 0 Å². The molecule has 0 bridgehead atoms. The molecule has 0 aliphatic rings. The van der Waals surface area contributed by atoms with E-state index in [0.29, 0.717) is 10.7 Å². The van der Waals surface area contributed by atoms with E-state index in [0.717, 1.165) is 4.90 Å². The van der Waals surface area contributed by atoms with Crippen molar-refractivity contribution in [2.24, 2.45) is 0 Å². The third-order valence-corrected chi connectivity index (χ3v) is 2.32. The number of rotatable bonds is 3. The Morgan fingerprint density at radius 1 is 1.38 bits per heavy atom. The van der Waals surface area contributed by atoms with Crippen molar-refractivity contribution in [3.05, 3.63) is 23.2 Å². The second-order valence-electron chi connectivity index (χ2n) is 3.33. The van der Waals surface area contributed by atoms with Crippen molar-refractivity contribution < 1.29 is 13.2 Å². The number of hydrogen-bond acceptors (Lipinski definition) is 2. The first-order chi connectivity index (χ1) is 7.33. The summed E-state index contributed by atoms with van der Waals surface area (Å²) in [6, 6.07) is 4.45. The predicted octanol–water partition coefficient (Wildman–Crippen LogP) is 3.31. The van der Waals surface area contributed by atoms with Crippen LogP contribution in [-0.4, -0.2) is 19.3 Å². The van der Waals surface area contributed by atoms with Crippen LogP contribution >= 0.6 is 11.6 Å². The Labute approximate surface area is 96.8 Å². The summed E-state index contributed by atoms with van der Waals surface area (Å²) in [5, 5.41) is 0.407. The van der Waals surface area contributed by atoms with Gasteiger partial charge in [0.1, 0.15) is 6.54 Å². The number of anilines is 2. The molecule has 0 saturated heterocycles. The highest BCUT2D eigenvalue weighted by Gasteiger charge is 2.30. The summed E-state index contributed by atoms with van der Waals surface area (Å²) in [6.45, 7) is 0.848. The first kappa shape index (κ1) is 13.0. The molecule has 0 aliphatic carbocycles. The summed E-state index contributed by atoms with van der Waals surface area (Å²) in [4.78, 5) is 1.16. The van der Waals surface area contributed by atoms with Gasteiger partial charge in [0.15, 0.2) is 0 Å². The normalized spacial score (nSPS) is 11.6. The first-order valence-electron chi connectivity index (χ1n) is 4.70. The molecule has 0 unspecified atom stereocenters. The lowest BCUT2D eigenvalue weighted by Gasteiger charge is -2.25. The number of alkyl halides is 3. The number of nitrogens with two attached hydrogens (primary N) is 1. The maximum atomic E-state index is 12.3. The Morgan fingerprint density at radius 3 is 2.44 bits per heavy atom. The fourth-order valence-electron chi connectivity index (χ4n) is 1.40. The Kier molecular flexibility index (Phi) is 3.91. The zero-order valence-electron chi connectivity index (χ0n) is 8.68. The minimum atomic E-state index is -4.25. The third kappa shape index (κ3) is 3.48. The zero-order chi connectivity index (χ0) is 12.3. The average molecular weight is 253 g/mol. The van der Waals surface area contributed by atoms with Crippen LogP contribution < -0.4 is 10.6 Å². The van der Waals surface area contributed by atoms with Crippen LogP contribution in [0.3, 0.4) is 0 Å². The first-order valence-corrected chi connectivity index (χ1v) is 5.08. The Hall–Kier alpha value is -1.10. The lowest BCUT2D eigenvalue weighted by molar-refractivity contribution is -0.119. The minimum absolute atomic E-state index is 0.228. The van der Waals surface area contributed by atoms with Crippen molar-refractivity contribution in [2.75, 3.05) is 23.7 Å². The van der Waals surface area contributed by atoms with E-state index in [1.54, 1.807) is 6.92 Å². The molecule has 1 aromatic carbocycles. The van der Waals surface area contributed by atoms with E-state index in [2.05, 4.69) is 0 Å². The summed E-state index contributed by atoms with van der Waals surface area (Å²) in [6.07, 6.45) is -4.25. The molecule has 0 atom stereocenters. The molecule has 1 aromatic rings. The molecule has 0 amide bonds. The molecule has 0 spiro atoms. The van der Waals surface area contributed by atoms with Crippen LogP contribution in [0.4, 0.5) is 24.5 Å². The van der Waals surface area contributed by atoms with Gasteiger partial charge in [0, 0.05) is 11.6 Å². The minimum Gasteiger partial charge on any atom is -0.397 e. The molecular formula is C10H12ClF3N2. The van der Waals surface area contributed by atoms with Crippen LogP contribution in [0.1, 0.15) is 6.92 Å². The number of halogens is 4. The second kappa shape index (κ2) is 4.82. The molecule has 0 radical (unpaired) electrons. The van der Waals surface area contributed by atoms with Gasteiger partial charge in [-0.15, -0.1) is 0 Å². The van der Waals surface area contributed by atoms with Crippen molar-refractivity contribution >= 4 is 23.0 Å². The van der Waals surface area contributed by atoms with Gasteiger partial charge in [-0.05, 0) is 25.1 Å². The highest BCUT2D eigenvalue weighted by atomic mass is 35.5. The SMILES string of the molecule is CCN(CC(F)(F)F)c1ccc(Cl)cc1N. The van der Waals surface area contributed by atoms with Crippen molar-refractivity contribution in [1.29, 1.82) is 0 Å². The molecule has 2 nitrogen and oxygen atoms in total. The van der Waals surface area contributed by atoms with Crippen LogP contribution in [0, 0.1) is 0 Å². The van der Waals surface area contributed by atoms with E-state index < -0.39 is 12.7 Å². The van der Waals surface area contributed by atoms with Gasteiger partial charge in [-0.1, -0.05) is 11.6 Å². The Bertz CT molecular complexity index is 366. The van der Waals surface area contributed by atoms with Gasteiger partial charge in [-0.2, -0.15) is 13.2 Å². The average Bonchev–Trinajstić information content (AvgIpc) is 2.13. The molecule has 0 aromatic heterocycles. The quantitative estimate of drug-likeness (QED) is 0.837. The molecule has 1 rings (SSSR count). The lowest BCUT2D eigenvalue weighted by Crippen LogP contribution is -2.34. The molecule has 0 aliphatic heterocycles. The van der Waals surface area contributed by atoms with Crippen LogP contribution in [0.5, 0.6) is 0 Å². The maximum absolute atomic E-state index is 12.3. The molecule has 6 heteroatoms. The lowest BCUT2D eigenvalue weighted by atomic mass is 10.2. The molecule has 0 heterocycles. The summed E-state index contributed by atoms with van der Waals surface area (Å²) in [5.74, 6) is 0. The van der Waals surface area contributed by atoms with Gasteiger partial charge in [-0.25, -0.2) is 0 Å². The number of nitrogens with zero attached hydrogens (tertiary/aromatic N) is 1. The van der Waals surface area contributed by atoms with E-state index in [4.69, 9.17) is 17.3 Å². The van der Waals surface area contributed by atoms with Gasteiger partial charge in [-0.3, -0.25) is 0 Å². The Balaban J connectivity index is 2.95. The van der Waals surface area contributed by atoms with E-state index >= 15 is 0 Å². The number of hydrogen-bond donors (Lipinski definition) is 1. The van der Waals surface area contributed by atoms with Crippen LogP contribution in [-0.2, 0) is 0 Å². The summed E-state index contributed by atoms with van der Waals surface area (Å²) < 4.78 is 36.8. The van der Waals surface area contributed by atoms with Crippen LogP contribution in [0.25, 0.3) is 0 Å². The van der Waals surface area contributed by atoms with Crippen molar-refractivity contribution in [3.8, 4) is 0 Å². The van der Waals surface area contributed by atoms with E-state index in [1.165, 1.54) is 18.2 Å². The van der Waals surface area contributed by atoms with E-state index in [9.17, 15) is 13.2 Å². The second-order valence-corrected chi connectivity index (χ2v) is 3.77. The van der Waals surface area contributed by atoms with Gasteiger partial charge >= 0.3 is 6.18 Å². The van der Waals surface area contributed by atoms with Gasteiger partial charge in [0.2, 0.25) is 0 Å². The largest absolute Gasteiger partial charge is 0.405 e.